The van der Waals surface area contributed by atoms with Crippen LogP contribution >= 0.6 is 0 Å². The van der Waals surface area contributed by atoms with Crippen LogP contribution in [0.25, 0.3) is 0 Å². The summed E-state index contributed by atoms with van der Waals surface area (Å²) >= 11 is 0. The number of β-amino-alcohol motifs (C(OH)–C–C–N with tert-alkyl or cyclic N) is 1. The lowest BCUT2D eigenvalue weighted by atomic mass is 9.81. The van der Waals surface area contributed by atoms with Crippen LogP contribution in [0.15, 0.2) is 11.6 Å². The fourth-order valence-corrected chi connectivity index (χ4v) is 2.42. The minimum absolute atomic E-state index is 0.501. The van der Waals surface area contributed by atoms with Crippen LogP contribution in [0.3, 0.4) is 0 Å². The number of hydrogen-bond donors (Lipinski definition) is 2. The molecule has 1 atom stereocenters. The molecule has 0 bridgehead atoms. The van der Waals surface area contributed by atoms with Crippen LogP contribution in [0.2, 0.25) is 0 Å². The maximum absolute atomic E-state index is 10.4. The second kappa shape index (κ2) is 3.81. The molecular formula is C11H19NO. The standard InChI is InChI=1S/C11H19NO/c13-11(7-4-8-12-9-11)10-5-2-1-3-6-10/h5,12-13H,1-4,6-9H2. The lowest BCUT2D eigenvalue weighted by molar-refractivity contribution is 0.0473. The number of aliphatic hydroxyl groups is 1. The number of hydrogen-bond acceptors (Lipinski definition) is 2. The molecule has 0 spiro atoms. The maximum Gasteiger partial charge on any atom is 0.0981 e. The Morgan fingerprint density at radius 2 is 2.23 bits per heavy atom. The summed E-state index contributed by atoms with van der Waals surface area (Å²) in [6.07, 6.45) is 9.15. The molecule has 1 unspecified atom stereocenters. The van der Waals surface area contributed by atoms with Crippen LogP contribution < -0.4 is 5.32 Å². The third-order valence-electron chi connectivity index (χ3n) is 3.25. The van der Waals surface area contributed by atoms with E-state index in [1.807, 2.05) is 0 Å². The molecule has 2 N–H and O–H groups in total. The predicted molar refractivity (Wildman–Crippen MR) is 53.6 cm³/mol. The first-order chi connectivity index (χ1) is 6.31. The quantitative estimate of drug-likeness (QED) is 0.602. The van der Waals surface area contributed by atoms with Gasteiger partial charge in [-0.25, -0.2) is 0 Å². The van der Waals surface area contributed by atoms with Crippen molar-refractivity contribution in [3.8, 4) is 0 Å². The number of rotatable bonds is 1. The Labute approximate surface area is 80.0 Å². The smallest absolute Gasteiger partial charge is 0.0981 e. The molecule has 0 aromatic carbocycles. The van der Waals surface area contributed by atoms with Crippen molar-refractivity contribution >= 4 is 0 Å². The van der Waals surface area contributed by atoms with Gasteiger partial charge in [-0.2, -0.15) is 0 Å². The van der Waals surface area contributed by atoms with Gasteiger partial charge in [0.05, 0.1) is 5.60 Å². The van der Waals surface area contributed by atoms with E-state index in [1.54, 1.807) is 0 Å². The zero-order valence-electron chi connectivity index (χ0n) is 8.18. The molecule has 0 aromatic heterocycles. The van der Waals surface area contributed by atoms with E-state index >= 15 is 0 Å². The van der Waals surface area contributed by atoms with Gasteiger partial charge in [-0.05, 0) is 50.6 Å². The molecule has 1 saturated heterocycles. The lowest BCUT2D eigenvalue weighted by Crippen LogP contribution is -2.47. The van der Waals surface area contributed by atoms with Crippen LogP contribution in [-0.4, -0.2) is 23.8 Å². The van der Waals surface area contributed by atoms with Gasteiger partial charge >= 0.3 is 0 Å². The first-order valence-electron chi connectivity index (χ1n) is 5.44. The first kappa shape index (κ1) is 9.22. The van der Waals surface area contributed by atoms with Crippen LogP contribution in [0.1, 0.15) is 38.5 Å². The van der Waals surface area contributed by atoms with E-state index in [4.69, 9.17) is 0 Å². The van der Waals surface area contributed by atoms with Gasteiger partial charge in [0, 0.05) is 6.54 Å². The Morgan fingerprint density at radius 3 is 2.85 bits per heavy atom. The molecule has 2 heteroatoms. The second-order valence-electron chi connectivity index (χ2n) is 4.29. The monoisotopic (exact) mass is 181 g/mol. The average Bonchev–Trinajstić information content (AvgIpc) is 2.20. The fourth-order valence-electron chi connectivity index (χ4n) is 2.42. The highest BCUT2D eigenvalue weighted by Crippen LogP contribution is 2.31. The van der Waals surface area contributed by atoms with Crippen LogP contribution in [0, 0.1) is 0 Å². The Bertz CT molecular complexity index is 204. The normalized spacial score (nSPS) is 35.6. The molecule has 0 aromatic rings. The topological polar surface area (TPSA) is 32.3 Å². The van der Waals surface area contributed by atoms with Crippen molar-refractivity contribution in [3.05, 3.63) is 11.6 Å². The van der Waals surface area contributed by atoms with E-state index < -0.39 is 5.60 Å². The van der Waals surface area contributed by atoms with E-state index in [9.17, 15) is 5.11 Å². The highest BCUT2D eigenvalue weighted by atomic mass is 16.3. The summed E-state index contributed by atoms with van der Waals surface area (Å²) in [5, 5.41) is 13.6. The summed E-state index contributed by atoms with van der Waals surface area (Å²) in [5.74, 6) is 0. The largest absolute Gasteiger partial charge is 0.384 e. The van der Waals surface area contributed by atoms with Crippen LogP contribution in [0.5, 0.6) is 0 Å². The molecule has 74 valence electrons. The van der Waals surface area contributed by atoms with E-state index in [2.05, 4.69) is 11.4 Å². The molecule has 2 rings (SSSR count). The van der Waals surface area contributed by atoms with E-state index in [0.717, 1.165) is 38.8 Å². The molecule has 0 saturated carbocycles. The molecule has 2 aliphatic rings. The van der Waals surface area contributed by atoms with Gasteiger partial charge in [0.1, 0.15) is 0 Å². The second-order valence-corrected chi connectivity index (χ2v) is 4.29. The maximum atomic E-state index is 10.4. The van der Waals surface area contributed by atoms with Gasteiger partial charge in [0.25, 0.3) is 0 Å². The van der Waals surface area contributed by atoms with Crippen molar-refractivity contribution < 1.29 is 5.11 Å². The Kier molecular flexibility index (Phi) is 2.70. The summed E-state index contributed by atoms with van der Waals surface area (Å²) in [6.45, 7) is 1.83. The number of nitrogens with one attached hydrogen (secondary N) is 1. The van der Waals surface area contributed by atoms with Gasteiger partial charge in [-0.1, -0.05) is 6.08 Å². The van der Waals surface area contributed by atoms with Crippen LogP contribution in [-0.2, 0) is 0 Å². The molecule has 0 amide bonds. The van der Waals surface area contributed by atoms with Gasteiger partial charge in [-0.15, -0.1) is 0 Å². The van der Waals surface area contributed by atoms with Gasteiger partial charge in [-0.3, -0.25) is 0 Å². The van der Waals surface area contributed by atoms with Crippen molar-refractivity contribution in [2.75, 3.05) is 13.1 Å². The fraction of sp³-hybridized carbons (Fsp3) is 0.818. The minimum Gasteiger partial charge on any atom is -0.384 e. The lowest BCUT2D eigenvalue weighted by Gasteiger charge is -2.36. The highest BCUT2D eigenvalue weighted by molar-refractivity contribution is 5.20. The molecule has 2 nitrogen and oxygen atoms in total. The van der Waals surface area contributed by atoms with Crippen molar-refractivity contribution in [1.29, 1.82) is 0 Å². The number of allylic oxidation sites excluding steroid dienone is 1. The van der Waals surface area contributed by atoms with Gasteiger partial charge in [0.2, 0.25) is 0 Å². The SMILES string of the molecule is OC1(C2=CCCCC2)CCCNC1. The molecule has 1 aliphatic heterocycles. The van der Waals surface area contributed by atoms with Gasteiger partial charge < -0.3 is 10.4 Å². The van der Waals surface area contributed by atoms with Crippen molar-refractivity contribution in [2.45, 2.75) is 44.1 Å². The molecule has 1 aliphatic carbocycles. The molecular weight excluding hydrogens is 162 g/mol. The summed E-state index contributed by atoms with van der Waals surface area (Å²) in [4.78, 5) is 0. The molecule has 1 heterocycles. The summed E-state index contributed by atoms with van der Waals surface area (Å²) in [6, 6.07) is 0. The zero-order chi connectivity index (χ0) is 9.15. The Morgan fingerprint density at radius 1 is 1.31 bits per heavy atom. The summed E-state index contributed by atoms with van der Waals surface area (Å²) < 4.78 is 0. The minimum atomic E-state index is -0.501. The van der Waals surface area contributed by atoms with E-state index in [-0.39, 0.29) is 0 Å². The van der Waals surface area contributed by atoms with Gasteiger partial charge in [0.15, 0.2) is 0 Å². The van der Waals surface area contributed by atoms with Crippen molar-refractivity contribution in [2.24, 2.45) is 0 Å². The third-order valence-corrected chi connectivity index (χ3v) is 3.25. The summed E-state index contributed by atoms with van der Waals surface area (Å²) in [5.41, 5.74) is 0.796. The molecule has 0 radical (unpaired) electrons. The van der Waals surface area contributed by atoms with Crippen molar-refractivity contribution in [3.63, 3.8) is 0 Å². The molecule has 13 heavy (non-hydrogen) atoms. The number of piperidine rings is 1. The Hall–Kier alpha value is -0.340. The predicted octanol–water partition coefficient (Wildman–Crippen LogP) is 1.60. The van der Waals surface area contributed by atoms with E-state index in [0.29, 0.717) is 0 Å². The average molecular weight is 181 g/mol. The first-order valence-corrected chi connectivity index (χ1v) is 5.44. The van der Waals surface area contributed by atoms with Crippen LogP contribution in [0.4, 0.5) is 0 Å². The van der Waals surface area contributed by atoms with Crippen molar-refractivity contribution in [1.82, 2.24) is 5.32 Å². The Balaban J connectivity index is 2.07. The third kappa shape index (κ3) is 1.94. The van der Waals surface area contributed by atoms with E-state index in [1.165, 1.54) is 18.4 Å². The highest BCUT2D eigenvalue weighted by Gasteiger charge is 2.33. The molecule has 1 fully saturated rings. The zero-order valence-corrected chi connectivity index (χ0v) is 8.18. The summed E-state index contributed by atoms with van der Waals surface area (Å²) in [7, 11) is 0.